The van der Waals surface area contributed by atoms with E-state index < -0.39 is 5.97 Å². The van der Waals surface area contributed by atoms with E-state index in [9.17, 15) is 4.79 Å². The van der Waals surface area contributed by atoms with Crippen molar-refractivity contribution in [2.75, 3.05) is 0 Å². The molecule has 1 rings (SSSR count). The smallest absolute Gasteiger partial charge is 0.308 e. The van der Waals surface area contributed by atoms with Gasteiger partial charge in [-0.2, -0.15) is 0 Å². The Hall–Kier alpha value is -0.570. The third-order valence-electron chi connectivity index (χ3n) is 1.16. The van der Waals surface area contributed by atoms with Gasteiger partial charge in [0.15, 0.2) is 0 Å². The summed E-state index contributed by atoms with van der Waals surface area (Å²) >= 11 is 0. The van der Waals surface area contributed by atoms with Crippen LogP contribution in [0.15, 0.2) is 0 Å². The van der Waals surface area contributed by atoms with Crippen LogP contribution in [0.5, 0.6) is 0 Å². The van der Waals surface area contributed by atoms with Crippen molar-refractivity contribution in [1.82, 2.24) is 0 Å². The highest BCUT2D eigenvalue weighted by Gasteiger charge is 2.39. The van der Waals surface area contributed by atoms with E-state index >= 15 is 0 Å². The van der Waals surface area contributed by atoms with Gasteiger partial charge in [0, 0.05) is 6.04 Å². The topological polar surface area (TPSA) is 63.3 Å². The van der Waals surface area contributed by atoms with Gasteiger partial charge < -0.3 is 10.8 Å². The van der Waals surface area contributed by atoms with Gasteiger partial charge in [-0.15, -0.1) is 0 Å². The monoisotopic (exact) mass is 101 g/mol. The van der Waals surface area contributed by atoms with Crippen LogP contribution in [0.25, 0.3) is 0 Å². The maximum absolute atomic E-state index is 9.89. The molecule has 0 aliphatic heterocycles. The molecule has 3 nitrogen and oxygen atoms in total. The fraction of sp³-hybridized carbons (Fsp3) is 0.750. The van der Waals surface area contributed by atoms with Crippen LogP contribution in [0.2, 0.25) is 0 Å². The second kappa shape index (κ2) is 1.20. The number of carboxylic acid groups (broad SMARTS) is 1. The first kappa shape index (κ1) is 4.59. The van der Waals surface area contributed by atoms with Crippen LogP contribution in [-0.2, 0) is 4.79 Å². The van der Waals surface area contributed by atoms with Gasteiger partial charge in [-0.25, -0.2) is 0 Å². The Bertz CT molecular complexity index is 102. The Balaban J connectivity index is 2.33. The quantitative estimate of drug-likeness (QED) is 0.464. The van der Waals surface area contributed by atoms with Gasteiger partial charge >= 0.3 is 5.97 Å². The van der Waals surface area contributed by atoms with Gasteiger partial charge in [0.25, 0.3) is 0 Å². The summed E-state index contributed by atoms with van der Waals surface area (Å²) in [5, 5.41) is 8.14. The average molecular weight is 101 g/mol. The SMILES string of the molecule is N[C@H]1C[C@H]1C(=O)O. The summed E-state index contributed by atoms with van der Waals surface area (Å²) < 4.78 is 0. The highest BCUT2D eigenvalue weighted by atomic mass is 16.4. The number of carbonyl (C=O) groups is 1. The van der Waals surface area contributed by atoms with Crippen molar-refractivity contribution in [1.29, 1.82) is 0 Å². The second-order valence-electron chi connectivity index (χ2n) is 1.84. The van der Waals surface area contributed by atoms with Crippen LogP contribution < -0.4 is 5.73 Å². The highest BCUT2D eigenvalue weighted by Crippen LogP contribution is 2.27. The number of carboxylic acids is 1. The molecule has 2 atom stereocenters. The molecule has 40 valence electrons. The van der Waals surface area contributed by atoms with Crippen molar-refractivity contribution in [3.05, 3.63) is 0 Å². The zero-order valence-electron chi connectivity index (χ0n) is 3.79. The van der Waals surface area contributed by atoms with Gasteiger partial charge in [-0.1, -0.05) is 0 Å². The molecule has 0 heterocycles. The van der Waals surface area contributed by atoms with Crippen molar-refractivity contribution in [2.24, 2.45) is 11.7 Å². The number of aliphatic carboxylic acids is 1. The molecule has 0 aromatic heterocycles. The summed E-state index contributed by atoms with van der Waals surface area (Å²) in [5.74, 6) is -0.993. The van der Waals surface area contributed by atoms with Gasteiger partial charge in [-0.3, -0.25) is 4.79 Å². The molecule has 0 aromatic carbocycles. The fourth-order valence-corrected chi connectivity index (χ4v) is 0.499. The molecular formula is C4H7NO2. The van der Waals surface area contributed by atoms with E-state index in [1.54, 1.807) is 0 Å². The Morgan fingerprint density at radius 3 is 2.29 bits per heavy atom. The van der Waals surface area contributed by atoms with E-state index in [2.05, 4.69) is 0 Å². The van der Waals surface area contributed by atoms with E-state index in [1.807, 2.05) is 0 Å². The third-order valence-corrected chi connectivity index (χ3v) is 1.16. The molecule has 0 aromatic rings. The Labute approximate surface area is 41.1 Å². The first-order valence-corrected chi connectivity index (χ1v) is 2.20. The second-order valence-corrected chi connectivity index (χ2v) is 1.84. The molecule has 0 radical (unpaired) electrons. The lowest BCUT2D eigenvalue weighted by Crippen LogP contribution is -2.08. The number of nitrogens with two attached hydrogens (primary N) is 1. The molecule has 0 spiro atoms. The van der Waals surface area contributed by atoms with Gasteiger partial charge in [0.05, 0.1) is 5.92 Å². The molecule has 1 aliphatic carbocycles. The first-order valence-electron chi connectivity index (χ1n) is 2.20. The molecule has 0 amide bonds. The maximum Gasteiger partial charge on any atom is 0.308 e. The zero-order valence-corrected chi connectivity index (χ0v) is 3.79. The molecule has 0 bridgehead atoms. The summed E-state index contributed by atoms with van der Waals surface area (Å²) in [6.07, 6.45) is 0.662. The van der Waals surface area contributed by atoms with Crippen LogP contribution in [-0.4, -0.2) is 17.1 Å². The Morgan fingerprint density at radius 2 is 2.29 bits per heavy atom. The number of hydrogen-bond acceptors (Lipinski definition) is 2. The summed E-state index contributed by atoms with van der Waals surface area (Å²) in [5.41, 5.74) is 5.19. The molecule has 1 fully saturated rings. The third kappa shape index (κ3) is 0.718. The summed E-state index contributed by atoms with van der Waals surface area (Å²) in [6, 6.07) is -0.0579. The minimum absolute atomic E-state index is 0.0579. The number of hydrogen-bond donors (Lipinski definition) is 2. The van der Waals surface area contributed by atoms with Crippen LogP contribution in [0.3, 0.4) is 0 Å². The molecule has 7 heavy (non-hydrogen) atoms. The summed E-state index contributed by atoms with van der Waals surface area (Å²) in [4.78, 5) is 9.89. The maximum atomic E-state index is 9.89. The molecule has 3 heteroatoms. The van der Waals surface area contributed by atoms with Crippen molar-refractivity contribution in [3.8, 4) is 0 Å². The molecular weight excluding hydrogens is 94.0 g/mol. The van der Waals surface area contributed by atoms with E-state index in [-0.39, 0.29) is 12.0 Å². The van der Waals surface area contributed by atoms with E-state index in [0.717, 1.165) is 0 Å². The molecule has 0 unspecified atom stereocenters. The van der Waals surface area contributed by atoms with Crippen LogP contribution in [0, 0.1) is 5.92 Å². The minimum atomic E-state index is -0.757. The summed E-state index contributed by atoms with van der Waals surface area (Å²) in [6.45, 7) is 0. The normalized spacial score (nSPS) is 37.9. The lowest BCUT2D eigenvalue weighted by Gasteiger charge is -1.80. The van der Waals surface area contributed by atoms with Crippen molar-refractivity contribution >= 4 is 5.97 Å². The molecule has 0 saturated heterocycles. The van der Waals surface area contributed by atoms with Crippen LogP contribution in [0.1, 0.15) is 6.42 Å². The predicted molar refractivity (Wildman–Crippen MR) is 23.7 cm³/mol. The zero-order chi connectivity index (χ0) is 5.44. The Morgan fingerprint density at radius 1 is 1.86 bits per heavy atom. The number of rotatable bonds is 1. The first-order chi connectivity index (χ1) is 3.22. The predicted octanol–water partition coefficient (Wildman–Crippen LogP) is -0.582. The van der Waals surface area contributed by atoms with Gasteiger partial charge in [-0.05, 0) is 6.42 Å². The standard InChI is InChI=1S/C4H7NO2/c5-3-1-2(3)4(6)7/h2-3H,1,5H2,(H,6,7)/t2-,3+/m1/s1. The van der Waals surface area contributed by atoms with Crippen molar-refractivity contribution in [2.45, 2.75) is 12.5 Å². The largest absolute Gasteiger partial charge is 0.481 e. The van der Waals surface area contributed by atoms with E-state index in [4.69, 9.17) is 10.8 Å². The van der Waals surface area contributed by atoms with Gasteiger partial charge in [0.1, 0.15) is 0 Å². The lowest BCUT2D eigenvalue weighted by molar-refractivity contribution is -0.138. The van der Waals surface area contributed by atoms with Gasteiger partial charge in [0.2, 0.25) is 0 Å². The van der Waals surface area contributed by atoms with E-state index in [0.29, 0.717) is 6.42 Å². The highest BCUT2D eigenvalue weighted by molar-refractivity contribution is 5.74. The van der Waals surface area contributed by atoms with E-state index in [1.165, 1.54) is 0 Å². The average Bonchev–Trinajstić information content (AvgIpc) is 2.17. The fourth-order valence-electron chi connectivity index (χ4n) is 0.499. The molecule has 3 N–H and O–H groups in total. The lowest BCUT2D eigenvalue weighted by atomic mass is 10.4. The molecule has 1 saturated carbocycles. The van der Waals surface area contributed by atoms with Crippen molar-refractivity contribution in [3.63, 3.8) is 0 Å². The molecule has 1 aliphatic rings. The van der Waals surface area contributed by atoms with Crippen LogP contribution in [0.4, 0.5) is 0 Å². The van der Waals surface area contributed by atoms with Crippen molar-refractivity contribution < 1.29 is 9.90 Å². The minimum Gasteiger partial charge on any atom is -0.481 e. The Kier molecular flexibility index (Phi) is 0.785. The van der Waals surface area contributed by atoms with Crippen LogP contribution >= 0.6 is 0 Å². The summed E-state index contributed by atoms with van der Waals surface area (Å²) in [7, 11) is 0.